The van der Waals surface area contributed by atoms with Gasteiger partial charge in [-0.2, -0.15) is 0 Å². The molecule has 0 unspecified atom stereocenters. The number of carbonyl (C=O) groups is 1. The van der Waals surface area contributed by atoms with Crippen LogP contribution in [0.25, 0.3) is 0 Å². The fourth-order valence-corrected chi connectivity index (χ4v) is 3.93. The molecule has 2 saturated heterocycles. The van der Waals surface area contributed by atoms with Crippen LogP contribution in [-0.4, -0.2) is 75.7 Å². The highest BCUT2D eigenvalue weighted by Crippen LogP contribution is 2.23. The molecular weight excluding hydrogens is 326 g/mol. The van der Waals surface area contributed by atoms with Gasteiger partial charge in [-0.3, -0.25) is 0 Å². The fourth-order valence-electron chi connectivity index (χ4n) is 3.93. The normalized spacial score (nSPS) is 22.3. The summed E-state index contributed by atoms with van der Waals surface area (Å²) in [7, 11) is 4.31. The number of benzene rings is 1. The number of aryl methyl sites for hydroxylation is 1. The maximum Gasteiger partial charge on any atom is 0.319 e. The van der Waals surface area contributed by atoms with Crippen LogP contribution >= 0.6 is 0 Å². The summed E-state index contributed by atoms with van der Waals surface area (Å²) in [5.74, 6) is 0.554. The summed E-state index contributed by atoms with van der Waals surface area (Å²) in [5, 5.41) is 6.07. The molecule has 2 aliphatic rings. The standard InChI is InChI=1S/C20H33N5O/c1-16-11-18(13-19(12-16)25-9-7-23(2)8-10-25)22-20(26)21-14-17-5-4-6-24(3)15-17/h11-13,17H,4-10,14-15H2,1-3H3,(H2,21,22,26)/t17-/m0/s1. The van der Waals surface area contributed by atoms with Crippen molar-refractivity contribution in [1.29, 1.82) is 0 Å². The summed E-state index contributed by atoms with van der Waals surface area (Å²) in [6.45, 7) is 9.27. The Kier molecular flexibility index (Phi) is 6.38. The predicted molar refractivity (Wildman–Crippen MR) is 108 cm³/mol. The first-order valence-electron chi connectivity index (χ1n) is 9.78. The van der Waals surface area contributed by atoms with Gasteiger partial charge in [0.15, 0.2) is 0 Å². The van der Waals surface area contributed by atoms with Crippen LogP contribution in [0.4, 0.5) is 16.2 Å². The number of piperidine rings is 1. The second-order valence-electron chi connectivity index (χ2n) is 7.95. The molecule has 1 atom stereocenters. The van der Waals surface area contributed by atoms with Crippen molar-refractivity contribution >= 4 is 17.4 Å². The number of anilines is 2. The van der Waals surface area contributed by atoms with E-state index in [9.17, 15) is 4.79 Å². The molecule has 26 heavy (non-hydrogen) atoms. The second kappa shape index (κ2) is 8.73. The van der Waals surface area contributed by atoms with E-state index < -0.39 is 0 Å². The van der Waals surface area contributed by atoms with Crippen molar-refractivity contribution in [3.63, 3.8) is 0 Å². The molecule has 0 saturated carbocycles. The molecule has 2 heterocycles. The molecule has 3 rings (SSSR count). The first kappa shape index (κ1) is 19.0. The largest absolute Gasteiger partial charge is 0.369 e. The Morgan fingerprint density at radius 3 is 2.58 bits per heavy atom. The number of amides is 2. The van der Waals surface area contributed by atoms with Crippen LogP contribution in [0.15, 0.2) is 18.2 Å². The first-order valence-corrected chi connectivity index (χ1v) is 9.78. The molecule has 1 aromatic carbocycles. The number of likely N-dealkylation sites (N-methyl/N-ethyl adjacent to an activating group) is 1. The summed E-state index contributed by atoms with van der Waals surface area (Å²) in [4.78, 5) is 19.4. The summed E-state index contributed by atoms with van der Waals surface area (Å²) < 4.78 is 0. The van der Waals surface area contributed by atoms with Gasteiger partial charge in [-0.15, -0.1) is 0 Å². The van der Waals surface area contributed by atoms with Crippen LogP contribution in [0.2, 0.25) is 0 Å². The highest BCUT2D eigenvalue weighted by Gasteiger charge is 2.18. The number of hydrogen-bond acceptors (Lipinski definition) is 4. The van der Waals surface area contributed by atoms with E-state index in [2.05, 4.69) is 58.5 Å². The van der Waals surface area contributed by atoms with Gasteiger partial charge in [0.1, 0.15) is 0 Å². The van der Waals surface area contributed by atoms with Gasteiger partial charge in [-0.05, 0) is 70.1 Å². The molecule has 2 aliphatic heterocycles. The average Bonchev–Trinajstić information content (AvgIpc) is 2.60. The minimum absolute atomic E-state index is 0.104. The topological polar surface area (TPSA) is 50.9 Å². The van der Waals surface area contributed by atoms with Gasteiger partial charge in [0.2, 0.25) is 0 Å². The summed E-state index contributed by atoms with van der Waals surface area (Å²) >= 11 is 0. The third kappa shape index (κ3) is 5.35. The van der Waals surface area contributed by atoms with Gasteiger partial charge >= 0.3 is 6.03 Å². The van der Waals surface area contributed by atoms with Gasteiger partial charge in [-0.1, -0.05) is 0 Å². The molecule has 2 amide bonds. The molecule has 0 bridgehead atoms. The SMILES string of the molecule is Cc1cc(NC(=O)NC[C@@H]2CCCN(C)C2)cc(N2CCN(C)CC2)c1. The number of likely N-dealkylation sites (tertiary alicyclic amines) is 1. The maximum absolute atomic E-state index is 12.3. The van der Waals surface area contributed by atoms with Crippen molar-refractivity contribution in [3.8, 4) is 0 Å². The zero-order chi connectivity index (χ0) is 18.5. The lowest BCUT2D eigenvalue weighted by Crippen LogP contribution is -2.44. The average molecular weight is 360 g/mol. The summed E-state index contributed by atoms with van der Waals surface area (Å²) in [6.07, 6.45) is 2.42. The van der Waals surface area contributed by atoms with Crippen LogP contribution in [-0.2, 0) is 0 Å². The van der Waals surface area contributed by atoms with E-state index in [0.29, 0.717) is 5.92 Å². The molecule has 2 N–H and O–H groups in total. The van der Waals surface area contributed by atoms with E-state index in [-0.39, 0.29) is 6.03 Å². The third-order valence-corrected chi connectivity index (χ3v) is 5.46. The van der Waals surface area contributed by atoms with E-state index in [1.54, 1.807) is 0 Å². The highest BCUT2D eigenvalue weighted by atomic mass is 16.2. The van der Waals surface area contributed by atoms with Gasteiger partial charge < -0.3 is 25.3 Å². The number of hydrogen-bond donors (Lipinski definition) is 2. The number of nitrogens with zero attached hydrogens (tertiary/aromatic N) is 3. The van der Waals surface area contributed by atoms with Crippen LogP contribution < -0.4 is 15.5 Å². The molecule has 1 aromatic rings. The van der Waals surface area contributed by atoms with Gasteiger partial charge in [-0.25, -0.2) is 4.79 Å². The fraction of sp³-hybridized carbons (Fsp3) is 0.650. The lowest BCUT2D eigenvalue weighted by molar-refractivity contribution is 0.204. The van der Waals surface area contributed by atoms with Crippen LogP contribution in [0, 0.1) is 12.8 Å². The molecule has 144 valence electrons. The zero-order valence-corrected chi connectivity index (χ0v) is 16.4. The van der Waals surface area contributed by atoms with Crippen molar-refractivity contribution in [3.05, 3.63) is 23.8 Å². The third-order valence-electron chi connectivity index (χ3n) is 5.46. The molecule has 2 fully saturated rings. The zero-order valence-electron chi connectivity index (χ0n) is 16.4. The molecule has 6 nitrogen and oxygen atoms in total. The van der Waals surface area contributed by atoms with E-state index >= 15 is 0 Å². The lowest BCUT2D eigenvalue weighted by Gasteiger charge is -2.34. The minimum atomic E-state index is -0.104. The Labute approximate surface area is 157 Å². The Morgan fingerprint density at radius 1 is 1.08 bits per heavy atom. The molecular formula is C20H33N5O. The first-order chi connectivity index (χ1) is 12.5. The van der Waals surface area contributed by atoms with E-state index in [1.807, 2.05) is 6.07 Å². The molecule has 0 aliphatic carbocycles. The Bertz CT molecular complexity index is 612. The molecule has 0 radical (unpaired) electrons. The minimum Gasteiger partial charge on any atom is -0.369 e. The van der Waals surface area contributed by atoms with Gasteiger partial charge in [0.05, 0.1) is 0 Å². The van der Waals surface area contributed by atoms with Crippen molar-refractivity contribution in [2.24, 2.45) is 5.92 Å². The number of urea groups is 1. The number of carbonyl (C=O) groups excluding carboxylic acids is 1. The van der Waals surface area contributed by atoms with E-state index in [0.717, 1.165) is 45.0 Å². The second-order valence-corrected chi connectivity index (χ2v) is 7.95. The number of nitrogens with one attached hydrogen (secondary N) is 2. The van der Waals surface area contributed by atoms with Crippen molar-refractivity contribution < 1.29 is 4.79 Å². The number of piperazine rings is 1. The lowest BCUT2D eigenvalue weighted by atomic mass is 9.99. The Morgan fingerprint density at radius 2 is 1.85 bits per heavy atom. The van der Waals surface area contributed by atoms with Crippen LogP contribution in [0.3, 0.4) is 0 Å². The van der Waals surface area contributed by atoms with E-state index in [1.165, 1.54) is 30.6 Å². The highest BCUT2D eigenvalue weighted by molar-refractivity contribution is 5.90. The quantitative estimate of drug-likeness (QED) is 0.865. The van der Waals surface area contributed by atoms with Crippen molar-refractivity contribution in [2.45, 2.75) is 19.8 Å². The van der Waals surface area contributed by atoms with Gasteiger partial charge in [0, 0.05) is 50.6 Å². The molecule has 0 spiro atoms. The summed E-state index contributed by atoms with van der Waals surface area (Å²) in [6, 6.07) is 6.22. The molecule has 6 heteroatoms. The Hall–Kier alpha value is -1.79. The van der Waals surface area contributed by atoms with Crippen molar-refractivity contribution in [1.82, 2.24) is 15.1 Å². The van der Waals surface area contributed by atoms with Crippen LogP contribution in [0.1, 0.15) is 18.4 Å². The monoisotopic (exact) mass is 359 g/mol. The molecule has 0 aromatic heterocycles. The van der Waals surface area contributed by atoms with Crippen molar-refractivity contribution in [2.75, 3.05) is 70.1 Å². The Balaban J connectivity index is 1.54. The maximum atomic E-state index is 12.3. The number of rotatable bonds is 4. The smallest absolute Gasteiger partial charge is 0.319 e. The van der Waals surface area contributed by atoms with Crippen LogP contribution in [0.5, 0.6) is 0 Å². The predicted octanol–water partition coefficient (Wildman–Crippen LogP) is 2.21. The van der Waals surface area contributed by atoms with E-state index in [4.69, 9.17) is 0 Å². The summed E-state index contributed by atoms with van der Waals surface area (Å²) in [5.41, 5.74) is 3.24. The van der Waals surface area contributed by atoms with Gasteiger partial charge in [0.25, 0.3) is 0 Å².